The van der Waals surface area contributed by atoms with E-state index < -0.39 is 11.5 Å². The van der Waals surface area contributed by atoms with Crippen LogP contribution in [0.1, 0.15) is 26.7 Å². The van der Waals surface area contributed by atoms with E-state index in [1.165, 1.54) is 6.92 Å². The summed E-state index contributed by atoms with van der Waals surface area (Å²) in [6.45, 7) is 4.88. The molecule has 0 aliphatic carbocycles. The molecule has 84 valence electrons. The van der Waals surface area contributed by atoms with Crippen LogP contribution in [0.3, 0.4) is 0 Å². The zero-order chi connectivity index (χ0) is 11.2. The minimum Gasteiger partial charge on any atom is -0.480 e. The monoisotopic (exact) mass is 203 g/mol. The fraction of sp³-hybridized carbons (Fsp3) is 0.889. The highest BCUT2D eigenvalue weighted by Gasteiger charge is 2.29. The first-order valence-corrected chi connectivity index (χ1v) is 4.86. The molecule has 2 unspecified atom stereocenters. The van der Waals surface area contributed by atoms with E-state index in [0.29, 0.717) is 13.0 Å². The predicted octanol–water partition coefficient (Wildman–Crippen LogP) is -0.495. The normalized spacial score (nSPS) is 17.4. The standard InChI is InChI=1S/C9H21N3O2/c1-7(12-5-3-4-10)6-9(2,11)8(13)14/h7,12H,3-6,10-11H2,1-2H3,(H,13,14). The molecule has 0 spiro atoms. The van der Waals surface area contributed by atoms with Gasteiger partial charge in [-0.05, 0) is 39.8 Å². The molecule has 0 saturated carbocycles. The maximum absolute atomic E-state index is 10.7. The molecule has 0 aromatic heterocycles. The molecule has 5 nitrogen and oxygen atoms in total. The van der Waals surface area contributed by atoms with Gasteiger partial charge in [-0.15, -0.1) is 0 Å². The molecule has 0 aromatic carbocycles. The summed E-state index contributed by atoms with van der Waals surface area (Å²) < 4.78 is 0. The van der Waals surface area contributed by atoms with Gasteiger partial charge < -0.3 is 21.9 Å². The van der Waals surface area contributed by atoms with Crippen molar-refractivity contribution in [2.45, 2.75) is 38.3 Å². The first-order valence-electron chi connectivity index (χ1n) is 4.86. The third kappa shape index (κ3) is 5.16. The molecule has 6 N–H and O–H groups in total. The van der Waals surface area contributed by atoms with Crippen LogP contribution < -0.4 is 16.8 Å². The average molecular weight is 203 g/mol. The number of rotatable bonds is 7. The Bertz CT molecular complexity index is 183. The van der Waals surface area contributed by atoms with Gasteiger partial charge in [-0.25, -0.2) is 0 Å². The van der Waals surface area contributed by atoms with Gasteiger partial charge in [0, 0.05) is 6.04 Å². The van der Waals surface area contributed by atoms with Gasteiger partial charge in [0.1, 0.15) is 5.54 Å². The van der Waals surface area contributed by atoms with Crippen LogP contribution in [0.5, 0.6) is 0 Å². The topological polar surface area (TPSA) is 101 Å². The molecular weight excluding hydrogens is 182 g/mol. The fourth-order valence-corrected chi connectivity index (χ4v) is 1.25. The van der Waals surface area contributed by atoms with Crippen LogP contribution in [-0.4, -0.2) is 35.7 Å². The van der Waals surface area contributed by atoms with Gasteiger partial charge in [-0.3, -0.25) is 4.79 Å². The molecule has 0 aliphatic rings. The van der Waals surface area contributed by atoms with Gasteiger partial charge in [0.25, 0.3) is 0 Å². The summed E-state index contributed by atoms with van der Waals surface area (Å²) in [6, 6.07) is 0.0904. The molecule has 2 atom stereocenters. The second-order valence-corrected chi connectivity index (χ2v) is 3.92. The largest absolute Gasteiger partial charge is 0.480 e. The molecule has 0 bridgehead atoms. The number of carboxylic acid groups (broad SMARTS) is 1. The lowest BCUT2D eigenvalue weighted by molar-refractivity contribution is -0.143. The number of aliphatic carboxylic acids is 1. The van der Waals surface area contributed by atoms with Gasteiger partial charge in [-0.1, -0.05) is 0 Å². The first kappa shape index (κ1) is 13.4. The van der Waals surface area contributed by atoms with Gasteiger partial charge in [0.05, 0.1) is 0 Å². The molecule has 0 aromatic rings. The number of hydrogen-bond donors (Lipinski definition) is 4. The number of nitrogens with two attached hydrogens (primary N) is 2. The van der Waals surface area contributed by atoms with Crippen molar-refractivity contribution < 1.29 is 9.90 Å². The summed E-state index contributed by atoms with van der Waals surface area (Å²) in [5.74, 6) is -0.968. The molecule has 0 saturated heterocycles. The highest BCUT2D eigenvalue weighted by atomic mass is 16.4. The molecule has 14 heavy (non-hydrogen) atoms. The second kappa shape index (κ2) is 5.95. The quantitative estimate of drug-likeness (QED) is 0.418. The third-order valence-electron chi connectivity index (χ3n) is 2.09. The summed E-state index contributed by atoms with van der Waals surface area (Å²) in [6.07, 6.45) is 1.30. The summed E-state index contributed by atoms with van der Waals surface area (Å²) in [5.41, 5.74) is 9.77. The van der Waals surface area contributed by atoms with Crippen LogP contribution in [0, 0.1) is 0 Å². The van der Waals surface area contributed by atoms with E-state index in [1.807, 2.05) is 6.92 Å². The van der Waals surface area contributed by atoms with Crippen molar-refractivity contribution in [2.75, 3.05) is 13.1 Å². The lowest BCUT2D eigenvalue weighted by Gasteiger charge is -2.24. The van der Waals surface area contributed by atoms with Crippen molar-refractivity contribution in [3.8, 4) is 0 Å². The molecule has 0 amide bonds. The Kier molecular flexibility index (Phi) is 5.68. The first-order chi connectivity index (χ1) is 6.40. The lowest BCUT2D eigenvalue weighted by Crippen LogP contribution is -2.49. The minimum absolute atomic E-state index is 0.0904. The van der Waals surface area contributed by atoms with Crippen molar-refractivity contribution in [3.63, 3.8) is 0 Å². The minimum atomic E-state index is -1.16. The number of carbonyl (C=O) groups is 1. The second-order valence-electron chi connectivity index (χ2n) is 3.92. The predicted molar refractivity (Wildman–Crippen MR) is 56.0 cm³/mol. The van der Waals surface area contributed by atoms with E-state index in [2.05, 4.69) is 5.32 Å². The maximum atomic E-state index is 10.7. The van der Waals surface area contributed by atoms with Crippen LogP contribution >= 0.6 is 0 Å². The van der Waals surface area contributed by atoms with Gasteiger partial charge >= 0.3 is 5.97 Å². The molecule has 0 fully saturated rings. The van der Waals surface area contributed by atoms with E-state index in [9.17, 15) is 4.79 Å². The Morgan fingerprint density at radius 1 is 1.64 bits per heavy atom. The van der Waals surface area contributed by atoms with Crippen molar-refractivity contribution in [2.24, 2.45) is 11.5 Å². The third-order valence-corrected chi connectivity index (χ3v) is 2.09. The molecule has 0 aliphatic heterocycles. The van der Waals surface area contributed by atoms with Crippen LogP contribution in [-0.2, 0) is 4.79 Å². The molecule has 0 rings (SSSR count). The van der Waals surface area contributed by atoms with Crippen molar-refractivity contribution in [1.29, 1.82) is 0 Å². The summed E-state index contributed by atoms with van der Waals surface area (Å²) in [7, 11) is 0. The average Bonchev–Trinajstić information content (AvgIpc) is 2.03. The smallest absolute Gasteiger partial charge is 0.323 e. The summed E-state index contributed by atoms with van der Waals surface area (Å²) in [4.78, 5) is 10.7. The SMILES string of the molecule is CC(CC(C)(N)C(=O)O)NCCCN. The molecule has 0 heterocycles. The van der Waals surface area contributed by atoms with E-state index >= 15 is 0 Å². The Hall–Kier alpha value is -0.650. The maximum Gasteiger partial charge on any atom is 0.323 e. The van der Waals surface area contributed by atoms with E-state index in [-0.39, 0.29) is 6.04 Å². The number of nitrogens with one attached hydrogen (secondary N) is 1. The molecular formula is C9H21N3O2. The van der Waals surface area contributed by atoms with Gasteiger partial charge in [0.2, 0.25) is 0 Å². The Labute approximate surface area is 84.8 Å². The zero-order valence-corrected chi connectivity index (χ0v) is 8.92. The highest BCUT2D eigenvalue weighted by molar-refractivity contribution is 5.77. The zero-order valence-electron chi connectivity index (χ0n) is 8.92. The Morgan fingerprint density at radius 2 is 2.21 bits per heavy atom. The summed E-state index contributed by atoms with van der Waals surface area (Å²) in [5, 5.41) is 12.0. The fourth-order valence-electron chi connectivity index (χ4n) is 1.25. The number of carboxylic acids is 1. The number of hydrogen-bond acceptors (Lipinski definition) is 4. The van der Waals surface area contributed by atoms with Crippen LogP contribution in [0.15, 0.2) is 0 Å². The Morgan fingerprint density at radius 3 is 2.64 bits per heavy atom. The van der Waals surface area contributed by atoms with Gasteiger partial charge in [0.15, 0.2) is 0 Å². The van der Waals surface area contributed by atoms with Crippen LogP contribution in [0.4, 0.5) is 0 Å². The van der Waals surface area contributed by atoms with Crippen LogP contribution in [0.2, 0.25) is 0 Å². The van der Waals surface area contributed by atoms with Crippen LogP contribution in [0.25, 0.3) is 0 Å². The van der Waals surface area contributed by atoms with E-state index in [4.69, 9.17) is 16.6 Å². The van der Waals surface area contributed by atoms with Crippen molar-refractivity contribution >= 4 is 5.97 Å². The van der Waals surface area contributed by atoms with E-state index in [0.717, 1.165) is 13.0 Å². The van der Waals surface area contributed by atoms with Crippen molar-refractivity contribution in [3.05, 3.63) is 0 Å². The molecule has 0 radical (unpaired) electrons. The van der Waals surface area contributed by atoms with Crippen molar-refractivity contribution in [1.82, 2.24) is 5.32 Å². The summed E-state index contributed by atoms with van der Waals surface area (Å²) >= 11 is 0. The molecule has 5 heteroatoms. The Balaban J connectivity index is 3.81. The van der Waals surface area contributed by atoms with E-state index in [1.54, 1.807) is 0 Å². The highest BCUT2D eigenvalue weighted by Crippen LogP contribution is 2.08. The van der Waals surface area contributed by atoms with Gasteiger partial charge in [-0.2, -0.15) is 0 Å². The lowest BCUT2D eigenvalue weighted by atomic mass is 9.95.